The van der Waals surface area contributed by atoms with E-state index in [2.05, 4.69) is 28.6 Å². The van der Waals surface area contributed by atoms with E-state index >= 15 is 0 Å². The van der Waals surface area contributed by atoms with E-state index in [4.69, 9.17) is 16.6 Å². The molecule has 0 bridgehead atoms. The zero-order chi connectivity index (χ0) is 27.3. The molecule has 198 valence electrons. The Hall–Kier alpha value is -3.65. The predicted molar refractivity (Wildman–Crippen MR) is 131 cm³/mol. The Kier molecular flexibility index (Phi) is 13.0. The van der Waals surface area contributed by atoms with Crippen LogP contribution >= 0.6 is 12.6 Å². The van der Waals surface area contributed by atoms with Gasteiger partial charge >= 0.3 is 11.9 Å². The Labute approximate surface area is 212 Å². The molecular formula is C22H31N5O8S. The number of amides is 4. The molecule has 1 aromatic carbocycles. The molecule has 0 aromatic heterocycles. The summed E-state index contributed by atoms with van der Waals surface area (Å²) in [5, 5.41) is 25.2. The maximum Gasteiger partial charge on any atom is 0.326 e. The van der Waals surface area contributed by atoms with Gasteiger partial charge in [0.05, 0.1) is 6.04 Å². The number of nitrogens with two attached hydrogens (primary N) is 2. The van der Waals surface area contributed by atoms with E-state index in [1.165, 1.54) is 0 Å². The molecule has 9 N–H and O–H groups in total. The summed E-state index contributed by atoms with van der Waals surface area (Å²) >= 11 is 4.05. The first kappa shape index (κ1) is 30.4. The molecule has 13 nitrogen and oxygen atoms in total. The van der Waals surface area contributed by atoms with Crippen molar-refractivity contribution in [3.63, 3.8) is 0 Å². The third-order valence-electron chi connectivity index (χ3n) is 5.02. The monoisotopic (exact) mass is 525 g/mol. The predicted octanol–water partition coefficient (Wildman–Crippen LogP) is -1.84. The number of carboxylic acids is 2. The van der Waals surface area contributed by atoms with Crippen molar-refractivity contribution < 1.29 is 39.0 Å². The van der Waals surface area contributed by atoms with Crippen molar-refractivity contribution in [2.45, 2.75) is 56.3 Å². The first-order valence-corrected chi connectivity index (χ1v) is 11.6. The van der Waals surface area contributed by atoms with Gasteiger partial charge in [-0.15, -0.1) is 0 Å². The van der Waals surface area contributed by atoms with Gasteiger partial charge < -0.3 is 37.6 Å². The average molecular weight is 526 g/mol. The molecule has 1 rings (SSSR count). The summed E-state index contributed by atoms with van der Waals surface area (Å²) in [6.45, 7) is 0. The fourth-order valence-electron chi connectivity index (χ4n) is 3.06. The van der Waals surface area contributed by atoms with Crippen molar-refractivity contribution in [1.82, 2.24) is 16.0 Å². The number of carboxylic acid groups (broad SMARTS) is 2. The van der Waals surface area contributed by atoms with Crippen LogP contribution in [0.1, 0.15) is 31.2 Å². The van der Waals surface area contributed by atoms with E-state index < -0.39 is 66.2 Å². The minimum atomic E-state index is -1.49. The zero-order valence-corrected chi connectivity index (χ0v) is 20.3. The Bertz CT molecular complexity index is 946. The lowest BCUT2D eigenvalue weighted by molar-refractivity contribution is -0.143. The number of carbonyl (C=O) groups is 6. The SMILES string of the molecule is NC(=O)CCC(NC(=O)C(CCC(=O)O)NC(=O)C(CS)NC(=O)C(N)Cc1ccccc1)C(=O)O. The van der Waals surface area contributed by atoms with E-state index in [-0.39, 0.29) is 31.4 Å². The van der Waals surface area contributed by atoms with Crippen LogP contribution in [-0.4, -0.2) is 75.7 Å². The minimum Gasteiger partial charge on any atom is -0.481 e. The summed E-state index contributed by atoms with van der Waals surface area (Å²) in [5.41, 5.74) is 11.7. The molecule has 4 amide bonds. The van der Waals surface area contributed by atoms with Gasteiger partial charge in [-0.2, -0.15) is 12.6 Å². The molecule has 0 aliphatic carbocycles. The lowest BCUT2D eigenvalue weighted by Gasteiger charge is -2.24. The van der Waals surface area contributed by atoms with Crippen LogP contribution in [0.3, 0.4) is 0 Å². The largest absolute Gasteiger partial charge is 0.481 e. The maximum absolute atomic E-state index is 12.8. The van der Waals surface area contributed by atoms with Gasteiger partial charge in [-0.3, -0.25) is 24.0 Å². The highest BCUT2D eigenvalue weighted by molar-refractivity contribution is 7.80. The molecule has 0 aliphatic heterocycles. The quantitative estimate of drug-likeness (QED) is 0.113. The first-order valence-electron chi connectivity index (χ1n) is 11.0. The molecule has 1 aromatic rings. The second-order valence-corrected chi connectivity index (χ2v) is 8.30. The van der Waals surface area contributed by atoms with Gasteiger partial charge in [-0.1, -0.05) is 30.3 Å². The number of carbonyl (C=O) groups excluding carboxylic acids is 4. The topological polar surface area (TPSA) is 231 Å². The van der Waals surface area contributed by atoms with Crippen LogP contribution < -0.4 is 27.4 Å². The van der Waals surface area contributed by atoms with Crippen LogP contribution in [0.15, 0.2) is 30.3 Å². The number of nitrogens with one attached hydrogen (secondary N) is 3. The van der Waals surface area contributed by atoms with Gasteiger partial charge in [0.25, 0.3) is 0 Å². The van der Waals surface area contributed by atoms with Crippen LogP contribution in [0.25, 0.3) is 0 Å². The summed E-state index contributed by atoms with van der Waals surface area (Å²) < 4.78 is 0. The van der Waals surface area contributed by atoms with E-state index in [1.54, 1.807) is 24.3 Å². The highest BCUT2D eigenvalue weighted by Gasteiger charge is 2.30. The number of hydrogen-bond donors (Lipinski definition) is 8. The van der Waals surface area contributed by atoms with Crippen molar-refractivity contribution in [2.75, 3.05) is 5.75 Å². The fourth-order valence-corrected chi connectivity index (χ4v) is 3.32. The van der Waals surface area contributed by atoms with Gasteiger partial charge in [0.1, 0.15) is 18.1 Å². The molecule has 0 saturated heterocycles. The molecule has 14 heteroatoms. The highest BCUT2D eigenvalue weighted by atomic mass is 32.1. The number of hydrogen-bond acceptors (Lipinski definition) is 8. The molecular weight excluding hydrogens is 494 g/mol. The van der Waals surface area contributed by atoms with Crippen molar-refractivity contribution in [3.05, 3.63) is 35.9 Å². The van der Waals surface area contributed by atoms with E-state index in [0.29, 0.717) is 0 Å². The Morgan fingerprint density at radius 2 is 1.33 bits per heavy atom. The lowest BCUT2D eigenvalue weighted by Crippen LogP contribution is -2.57. The second-order valence-electron chi connectivity index (χ2n) is 7.94. The molecule has 0 heterocycles. The maximum atomic E-state index is 12.8. The van der Waals surface area contributed by atoms with Gasteiger partial charge in [-0.05, 0) is 24.8 Å². The summed E-state index contributed by atoms with van der Waals surface area (Å²) in [7, 11) is 0. The van der Waals surface area contributed by atoms with Crippen LogP contribution in [-0.2, 0) is 35.2 Å². The summed E-state index contributed by atoms with van der Waals surface area (Å²) in [4.78, 5) is 71.3. The Morgan fingerprint density at radius 3 is 1.86 bits per heavy atom. The van der Waals surface area contributed by atoms with Gasteiger partial charge in [-0.25, -0.2) is 4.79 Å². The molecule has 4 atom stereocenters. The molecule has 0 fully saturated rings. The van der Waals surface area contributed by atoms with Crippen molar-refractivity contribution >= 4 is 48.2 Å². The minimum absolute atomic E-state index is 0.167. The van der Waals surface area contributed by atoms with E-state index in [9.17, 15) is 33.9 Å². The third kappa shape index (κ3) is 11.2. The van der Waals surface area contributed by atoms with Gasteiger partial charge in [0, 0.05) is 18.6 Å². The van der Waals surface area contributed by atoms with Crippen LogP contribution in [0.2, 0.25) is 0 Å². The van der Waals surface area contributed by atoms with Crippen LogP contribution in [0.5, 0.6) is 0 Å². The van der Waals surface area contributed by atoms with Gasteiger partial charge in [0.15, 0.2) is 0 Å². The highest BCUT2D eigenvalue weighted by Crippen LogP contribution is 2.05. The summed E-state index contributed by atoms with van der Waals surface area (Å²) in [5.74, 6) is -6.11. The molecule has 36 heavy (non-hydrogen) atoms. The molecule has 0 aliphatic rings. The molecule has 0 spiro atoms. The smallest absolute Gasteiger partial charge is 0.326 e. The molecule has 0 radical (unpaired) electrons. The van der Waals surface area contributed by atoms with Crippen molar-refractivity contribution in [3.8, 4) is 0 Å². The first-order chi connectivity index (χ1) is 16.9. The van der Waals surface area contributed by atoms with Gasteiger partial charge in [0.2, 0.25) is 23.6 Å². The molecule has 0 saturated carbocycles. The Morgan fingerprint density at radius 1 is 0.806 bits per heavy atom. The number of thiol groups is 1. The summed E-state index contributed by atoms with van der Waals surface area (Å²) in [6.07, 6.45) is -1.29. The van der Waals surface area contributed by atoms with Crippen LogP contribution in [0.4, 0.5) is 0 Å². The van der Waals surface area contributed by atoms with Crippen molar-refractivity contribution in [2.24, 2.45) is 11.5 Å². The second kappa shape index (κ2) is 15.4. The number of primary amides is 1. The third-order valence-corrected chi connectivity index (χ3v) is 5.39. The van der Waals surface area contributed by atoms with Crippen molar-refractivity contribution in [1.29, 1.82) is 0 Å². The standard InChI is InChI=1S/C22H31N5O8S/c23-13(10-12-4-2-1-3-5-12)19(31)27-16(11-36)21(33)25-14(7-9-18(29)30)20(32)26-15(22(34)35)6-8-17(24)28/h1-5,13-16,36H,6-11,23H2,(H2,24,28)(H,25,33)(H,26,32)(H,27,31)(H,29,30)(H,34,35). The Balaban J connectivity index is 2.86. The van der Waals surface area contributed by atoms with Crippen LogP contribution in [0, 0.1) is 0 Å². The van der Waals surface area contributed by atoms with E-state index in [0.717, 1.165) is 5.56 Å². The normalized spacial score (nSPS) is 13.9. The average Bonchev–Trinajstić information content (AvgIpc) is 2.82. The fraction of sp³-hybridized carbons (Fsp3) is 0.455. The number of aliphatic carboxylic acids is 2. The summed E-state index contributed by atoms with van der Waals surface area (Å²) in [6, 6.07) is 3.83. The van der Waals surface area contributed by atoms with E-state index in [1.807, 2.05) is 6.07 Å². The number of benzene rings is 1. The lowest BCUT2D eigenvalue weighted by atomic mass is 10.1. The number of rotatable bonds is 16. The zero-order valence-electron chi connectivity index (χ0n) is 19.4. The molecule has 4 unspecified atom stereocenters.